The van der Waals surface area contributed by atoms with Crippen LogP contribution in [0.3, 0.4) is 0 Å². The van der Waals surface area contributed by atoms with E-state index in [1.54, 1.807) is 24.0 Å². The average molecular weight is 280 g/mol. The highest BCUT2D eigenvalue weighted by Gasteiger charge is 2.31. The molecule has 3 rings (SSSR count). The molecule has 0 fully saturated rings. The minimum atomic E-state index is -4.36. The van der Waals surface area contributed by atoms with E-state index in [1.165, 1.54) is 6.33 Å². The van der Waals surface area contributed by atoms with Gasteiger partial charge in [0.1, 0.15) is 5.52 Å². The summed E-state index contributed by atoms with van der Waals surface area (Å²) < 4.78 is 38.3. The number of aryl methyl sites for hydroxylation is 1. The smallest absolute Gasteiger partial charge is 0.318 e. The molecule has 3 heterocycles. The third-order valence-electron chi connectivity index (χ3n) is 2.45. The fourth-order valence-electron chi connectivity index (χ4n) is 1.48. The first kappa shape index (κ1) is 14.0. The zero-order valence-corrected chi connectivity index (χ0v) is 10.5. The Balaban J connectivity index is 0.000000205. The third-order valence-corrected chi connectivity index (χ3v) is 2.45. The van der Waals surface area contributed by atoms with Crippen molar-refractivity contribution in [1.29, 1.82) is 0 Å². The maximum Gasteiger partial charge on any atom is 0.417 e. The zero-order chi connectivity index (χ0) is 14.6. The van der Waals surface area contributed by atoms with Crippen molar-refractivity contribution in [2.75, 3.05) is 0 Å². The van der Waals surface area contributed by atoms with Gasteiger partial charge >= 0.3 is 6.18 Å². The van der Waals surface area contributed by atoms with Crippen molar-refractivity contribution in [1.82, 2.24) is 19.5 Å². The van der Waals surface area contributed by atoms with E-state index in [0.29, 0.717) is 5.65 Å². The summed E-state index contributed by atoms with van der Waals surface area (Å²) in [6.07, 6.45) is 1.38. The first-order valence-electron chi connectivity index (χ1n) is 5.68. The van der Waals surface area contributed by atoms with Crippen molar-refractivity contribution in [3.8, 4) is 0 Å². The van der Waals surface area contributed by atoms with Crippen LogP contribution in [0.2, 0.25) is 0 Å². The van der Waals surface area contributed by atoms with E-state index >= 15 is 0 Å². The molecule has 104 valence electrons. The van der Waals surface area contributed by atoms with Crippen LogP contribution < -0.4 is 0 Å². The van der Waals surface area contributed by atoms with E-state index in [4.69, 9.17) is 0 Å². The number of pyridine rings is 2. The Morgan fingerprint density at radius 2 is 1.75 bits per heavy atom. The van der Waals surface area contributed by atoms with Gasteiger partial charge in [-0.05, 0) is 18.2 Å². The topological polar surface area (TPSA) is 43.6 Å². The summed E-state index contributed by atoms with van der Waals surface area (Å²) in [4.78, 5) is 11.3. The molecule has 0 spiro atoms. The van der Waals surface area contributed by atoms with Gasteiger partial charge in [0.25, 0.3) is 0 Å². The molecule has 7 heteroatoms. The molecule has 0 aliphatic carbocycles. The molecule has 4 nitrogen and oxygen atoms in total. The molecular formula is C13H11F3N4. The molecule has 0 aliphatic heterocycles. The first-order chi connectivity index (χ1) is 9.48. The first-order valence-corrected chi connectivity index (χ1v) is 5.68. The predicted octanol–water partition coefficient (Wildman–Crippen LogP) is 3.07. The Morgan fingerprint density at radius 3 is 2.25 bits per heavy atom. The van der Waals surface area contributed by atoms with Gasteiger partial charge in [0, 0.05) is 25.6 Å². The quantitative estimate of drug-likeness (QED) is 0.635. The Bertz CT molecular complexity index is 650. The van der Waals surface area contributed by atoms with Crippen LogP contribution in [0.25, 0.3) is 11.2 Å². The number of nitrogens with zero attached hydrogens (tertiary/aromatic N) is 4. The van der Waals surface area contributed by atoms with Crippen LogP contribution in [-0.4, -0.2) is 19.5 Å². The van der Waals surface area contributed by atoms with Crippen LogP contribution in [-0.2, 0) is 13.2 Å². The summed E-state index contributed by atoms with van der Waals surface area (Å²) >= 11 is 0. The molecule has 3 aromatic heterocycles. The van der Waals surface area contributed by atoms with Gasteiger partial charge in [0.2, 0.25) is 0 Å². The van der Waals surface area contributed by atoms with E-state index in [2.05, 4.69) is 15.0 Å². The van der Waals surface area contributed by atoms with Gasteiger partial charge in [-0.15, -0.1) is 0 Å². The number of rotatable bonds is 0. The molecule has 0 N–H and O–H groups in total. The Kier molecular flexibility index (Phi) is 3.97. The molecule has 0 atom stereocenters. The summed E-state index contributed by atoms with van der Waals surface area (Å²) in [5.41, 5.74) is -0.0796. The van der Waals surface area contributed by atoms with Crippen LogP contribution in [0.5, 0.6) is 0 Å². The standard InChI is InChI=1S/C8H6F3N3.C5H5N/c1-14-4-13-6-2-5(8(9,10)11)3-12-7(6)14;1-2-4-6-5-3-1/h2-4H,1H3;1-5H. The largest absolute Gasteiger partial charge is 0.417 e. The number of halogens is 3. The molecule has 0 aromatic carbocycles. The number of imidazole rings is 1. The highest BCUT2D eigenvalue weighted by Crippen LogP contribution is 2.29. The molecular weight excluding hydrogens is 269 g/mol. The summed E-state index contributed by atoms with van der Waals surface area (Å²) in [6.45, 7) is 0. The van der Waals surface area contributed by atoms with Crippen molar-refractivity contribution < 1.29 is 13.2 Å². The van der Waals surface area contributed by atoms with E-state index in [0.717, 1.165) is 12.3 Å². The van der Waals surface area contributed by atoms with Gasteiger partial charge in [-0.25, -0.2) is 9.97 Å². The zero-order valence-electron chi connectivity index (χ0n) is 10.5. The van der Waals surface area contributed by atoms with Crippen LogP contribution in [0.15, 0.2) is 49.2 Å². The van der Waals surface area contributed by atoms with Crippen molar-refractivity contribution in [3.63, 3.8) is 0 Å². The predicted molar refractivity (Wildman–Crippen MR) is 67.7 cm³/mol. The Labute approximate surface area is 112 Å². The van der Waals surface area contributed by atoms with E-state index in [1.807, 2.05) is 18.2 Å². The minimum Gasteiger partial charge on any atom is -0.318 e. The minimum absolute atomic E-state index is 0.252. The average Bonchev–Trinajstić information content (AvgIpc) is 2.82. The van der Waals surface area contributed by atoms with Gasteiger partial charge in [0.05, 0.1) is 11.9 Å². The third kappa shape index (κ3) is 3.31. The molecule has 0 amide bonds. The maximum atomic E-state index is 12.2. The monoisotopic (exact) mass is 280 g/mol. The van der Waals surface area contributed by atoms with Crippen LogP contribution in [0.1, 0.15) is 5.56 Å². The van der Waals surface area contributed by atoms with Gasteiger partial charge in [-0.3, -0.25) is 4.98 Å². The normalized spacial score (nSPS) is 11.0. The highest BCUT2D eigenvalue weighted by atomic mass is 19.4. The second-order valence-corrected chi connectivity index (χ2v) is 3.94. The van der Waals surface area contributed by atoms with Crippen molar-refractivity contribution in [3.05, 3.63) is 54.7 Å². The molecule has 0 saturated heterocycles. The van der Waals surface area contributed by atoms with E-state index < -0.39 is 11.7 Å². The Morgan fingerprint density at radius 1 is 1.05 bits per heavy atom. The molecule has 20 heavy (non-hydrogen) atoms. The second kappa shape index (κ2) is 5.68. The molecule has 3 aromatic rings. The number of alkyl halides is 3. The number of aromatic nitrogens is 4. The van der Waals surface area contributed by atoms with Crippen molar-refractivity contribution in [2.45, 2.75) is 6.18 Å². The number of fused-ring (bicyclic) bond motifs is 1. The summed E-state index contributed by atoms with van der Waals surface area (Å²) in [5.74, 6) is 0. The lowest BCUT2D eigenvalue weighted by molar-refractivity contribution is -0.137. The van der Waals surface area contributed by atoms with Crippen LogP contribution in [0, 0.1) is 0 Å². The summed E-state index contributed by atoms with van der Waals surface area (Å²) in [6, 6.07) is 6.70. The van der Waals surface area contributed by atoms with Gasteiger partial charge < -0.3 is 4.57 Å². The van der Waals surface area contributed by atoms with Gasteiger partial charge in [-0.2, -0.15) is 13.2 Å². The van der Waals surface area contributed by atoms with Gasteiger partial charge in [-0.1, -0.05) is 6.07 Å². The fraction of sp³-hybridized carbons (Fsp3) is 0.154. The number of hydrogen-bond donors (Lipinski definition) is 0. The van der Waals surface area contributed by atoms with E-state index in [-0.39, 0.29) is 5.52 Å². The van der Waals surface area contributed by atoms with E-state index in [9.17, 15) is 13.2 Å². The lowest BCUT2D eigenvalue weighted by Crippen LogP contribution is -2.05. The highest BCUT2D eigenvalue weighted by molar-refractivity contribution is 5.71. The van der Waals surface area contributed by atoms with Crippen molar-refractivity contribution >= 4 is 11.2 Å². The lowest BCUT2D eigenvalue weighted by atomic mass is 10.2. The molecule has 0 unspecified atom stereocenters. The molecule has 0 saturated carbocycles. The SMILES string of the molecule is Cn1cnc2cc(C(F)(F)F)cnc21.c1ccncc1. The Hall–Kier alpha value is -2.44. The number of hydrogen-bond acceptors (Lipinski definition) is 3. The lowest BCUT2D eigenvalue weighted by Gasteiger charge is -2.04. The summed E-state index contributed by atoms with van der Waals surface area (Å²) in [7, 11) is 1.68. The second-order valence-electron chi connectivity index (χ2n) is 3.94. The maximum absolute atomic E-state index is 12.2. The fourth-order valence-corrected chi connectivity index (χ4v) is 1.48. The van der Waals surface area contributed by atoms with Crippen LogP contribution >= 0.6 is 0 Å². The molecule has 0 aliphatic rings. The molecule has 0 radical (unpaired) electrons. The molecule has 0 bridgehead atoms. The van der Waals surface area contributed by atoms with Crippen LogP contribution in [0.4, 0.5) is 13.2 Å². The van der Waals surface area contributed by atoms with Crippen molar-refractivity contribution in [2.24, 2.45) is 7.05 Å². The van der Waals surface area contributed by atoms with Gasteiger partial charge in [0.15, 0.2) is 5.65 Å². The summed E-state index contributed by atoms with van der Waals surface area (Å²) in [5, 5.41) is 0.